The van der Waals surface area contributed by atoms with E-state index in [2.05, 4.69) is 6.92 Å². The molecule has 1 saturated carbocycles. The van der Waals surface area contributed by atoms with Crippen LogP contribution in [0, 0.1) is 0 Å². The molecule has 4 heteroatoms. The molecule has 0 atom stereocenters. The van der Waals surface area contributed by atoms with Gasteiger partial charge < -0.3 is 9.47 Å². The summed E-state index contributed by atoms with van der Waals surface area (Å²) in [4.78, 5) is 22.9. The quantitative estimate of drug-likeness (QED) is 0.144. The van der Waals surface area contributed by atoms with Gasteiger partial charge in [-0.05, 0) is 25.7 Å². The molecule has 0 aromatic rings. The van der Waals surface area contributed by atoms with E-state index >= 15 is 0 Å². The van der Waals surface area contributed by atoms with E-state index in [1.807, 2.05) is 0 Å². The maximum absolute atomic E-state index is 11.5. The molecular weight excluding hydrogens is 352 g/mol. The molecule has 28 heavy (non-hydrogen) atoms. The number of esters is 2. The summed E-state index contributed by atoms with van der Waals surface area (Å²) in [6.45, 7) is 2.60. The third-order valence-corrected chi connectivity index (χ3v) is 5.72. The van der Waals surface area contributed by atoms with Gasteiger partial charge in [0.05, 0.1) is 6.61 Å². The number of hydrogen-bond donors (Lipinski definition) is 0. The highest BCUT2D eigenvalue weighted by atomic mass is 16.6. The highest BCUT2D eigenvalue weighted by Gasteiger charge is 2.26. The Morgan fingerprint density at radius 2 is 1.07 bits per heavy atom. The molecule has 0 bridgehead atoms. The van der Waals surface area contributed by atoms with Crippen LogP contribution in [0.15, 0.2) is 0 Å². The van der Waals surface area contributed by atoms with E-state index in [0.29, 0.717) is 6.61 Å². The standard InChI is InChI=1S/C24H44O4/c1-2-3-4-5-6-7-8-9-10-11-12-13-14-15-16-17-21-27-23(25)24(26)28-22-19-18-20-22/h22H,2-21H2,1H3. The number of carbonyl (C=O) groups is 2. The van der Waals surface area contributed by atoms with Crippen molar-refractivity contribution in [3.05, 3.63) is 0 Å². The summed E-state index contributed by atoms with van der Waals surface area (Å²) in [7, 11) is 0. The summed E-state index contributed by atoms with van der Waals surface area (Å²) >= 11 is 0. The summed E-state index contributed by atoms with van der Waals surface area (Å²) in [5.41, 5.74) is 0. The van der Waals surface area contributed by atoms with Crippen molar-refractivity contribution < 1.29 is 19.1 Å². The Balaban J connectivity index is 1.72. The van der Waals surface area contributed by atoms with Gasteiger partial charge in [0.2, 0.25) is 0 Å². The Morgan fingerprint density at radius 3 is 1.46 bits per heavy atom. The van der Waals surface area contributed by atoms with Crippen LogP contribution in [-0.2, 0) is 19.1 Å². The number of rotatable bonds is 18. The highest BCUT2D eigenvalue weighted by Crippen LogP contribution is 2.22. The molecule has 0 radical (unpaired) electrons. The van der Waals surface area contributed by atoms with Crippen molar-refractivity contribution in [2.75, 3.05) is 6.61 Å². The molecule has 1 aliphatic carbocycles. The molecule has 0 heterocycles. The van der Waals surface area contributed by atoms with Crippen LogP contribution in [0.2, 0.25) is 0 Å². The predicted octanol–water partition coefficient (Wildman–Crippen LogP) is 6.89. The molecule has 4 nitrogen and oxygen atoms in total. The van der Waals surface area contributed by atoms with Crippen molar-refractivity contribution in [2.24, 2.45) is 0 Å². The maximum atomic E-state index is 11.5. The molecule has 0 saturated heterocycles. The molecular formula is C24H44O4. The van der Waals surface area contributed by atoms with Crippen LogP contribution in [0.5, 0.6) is 0 Å². The van der Waals surface area contributed by atoms with Crippen LogP contribution >= 0.6 is 0 Å². The third kappa shape index (κ3) is 14.0. The number of ether oxygens (including phenoxy) is 2. The summed E-state index contributed by atoms with van der Waals surface area (Å²) in [5.74, 6) is -1.64. The second kappa shape index (κ2) is 18.0. The predicted molar refractivity (Wildman–Crippen MR) is 114 cm³/mol. The van der Waals surface area contributed by atoms with Gasteiger partial charge in [-0.15, -0.1) is 0 Å². The van der Waals surface area contributed by atoms with E-state index in [1.54, 1.807) is 0 Å². The molecule has 1 rings (SSSR count). The van der Waals surface area contributed by atoms with E-state index in [1.165, 1.54) is 89.9 Å². The molecule has 1 aliphatic rings. The fourth-order valence-corrected chi connectivity index (χ4v) is 3.56. The molecule has 0 aliphatic heterocycles. The van der Waals surface area contributed by atoms with Crippen molar-refractivity contribution in [3.63, 3.8) is 0 Å². The number of unbranched alkanes of at least 4 members (excludes halogenated alkanes) is 15. The van der Waals surface area contributed by atoms with Crippen LogP contribution in [0.4, 0.5) is 0 Å². The Hall–Kier alpha value is -1.06. The van der Waals surface area contributed by atoms with Crippen LogP contribution < -0.4 is 0 Å². The van der Waals surface area contributed by atoms with E-state index in [0.717, 1.165) is 32.1 Å². The summed E-state index contributed by atoms with van der Waals surface area (Å²) in [5, 5.41) is 0. The van der Waals surface area contributed by atoms with E-state index in [9.17, 15) is 9.59 Å². The first-order valence-electron chi connectivity index (χ1n) is 12.1. The largest absolute Gasteiger partial charge is 0.457 e. The third-order valence-electron chi connectivity index (χ3n) is 5.72. The van der Waals surface area contributed by atoms with Crippen molar-refractivity contribution >= 4 is 11.9 Å². The smallest absolute Gasteiger partial charge is 0.417 e. The van der Waals surface area contributed by atoms with Gasteiger partial charge >= 0.3 is 11.9 Å². The van der Waals surface area contributed by atoms with Crippen LogP contribution in [0.1, 0.15) is 129 Å². The first kappa shape index (κ1) is 25.0. The Labute approximate surface area is 173 Å². The van der Waals surface area contributed by atoms with Gasteiger partial charge in [-0.1, -0.05) is 103 Å². The lowest BCUT2D eigenvalue weighted by Gasteiger charge is -2.24. The van der Waals surface area contributed by atoms with Gasteiger partial charge in [0.15, 0.2) is 0 Å². The zero-order valence-corrected chi connectivity index (χ0v) is 18.4. The summed E-state index contributed by atoms with van der Waals surface area (Å²) in [6.07, 6.45) is 23.8. The van der Waals surface area contributed by atoms with E-state index < -0.39 is 11.9 Å². The Kier molecular flexibility index (Phi) is 16.1. The molecule has 164 valence electrons. The minimum atomic E-state index is -0.826. The Morgan fingerprint density at radius 1 is 0.643 bits per heavy atom. The van der Waals surface area contributed by atoms with Gasteiger partial charge in [0.25, 0.3) is 0 Å². The minimum Gasteiger partial charge on any atom is -0.457 e. The lowest BCUT2D eigenvalue weighted by atomic mass is 9.96. The highest BCUT2D eigenvalue weighted by molar-refractivity contribution is 6.29. The number of carbonyl (C=O) groups excluding carboxylic acids is 2. The minimum absolute atomic E-state index is 0.0596. The van der Waals surface area contributed by atoms with Gasteiger partial charge in [-0.2, -0.15) is 0 Å². The van der Waals surface area contributed by atoms with Crippen molar-refractivity contribution in [1.82, 2.24) is 0 Å². The van der Waals surface area contributed by atoms with E-state index in [-0.39, 0.29) is 6.10 Å². The van der Waals surface area contributed by atoms with Crippen LogP contribution in [-0.4, -0.2) is 24.6 Å². The SMILES string of the molecule is CCCCCCCCCCCCCCCCCCOC(=O)C(=O)OC1CCC1. The topological polar surface area (TPSA) is 52.6 Å². The van der Waals surface area contributed by atoms with E-state index in [4.69, 9.17) is 9.47 Å². The van der Waals surface area contributed by atoms with Crippen molar-refractivity contribution in [1.29, 1.82) is 0 Å². The molecule has 0 spiro atoms. The molecule has 0 aromatic carbocycles. The monoisotopic (exact) mass is 396 g/mol. The van der Waals surface area contributed by atoms with Crippen LogP contribution in [0.25, 0.3) is 0 Å². The fraction of sp³-hybridized carbons (Fsp3) is 0.917. The lowest BCUT2D eigenvalue weighted by Crippen LogP contribution is -2.30. The van der Waals surface area contributed by atoms with Gasteiger partial charge in [-0.3, -0.25) is 0 Å². The van der Waals surface area contributed by atoms with Gasteiger partial charge in [0.1, 0.15) is 6.10 Å². The Bertz CT molecular complexity index is 390. The second-order valence-corrected chi connectivity index (χ2v) is 8.40. The zero-order chi connectivity index (χ0) is 20.3. The first-order chi connectivity index (χ1) is 13.7. The molecule has 0 unspecified atom stereocenters. The van der Waals surface area contributed by atoms with Crippen molar-refractivity contribution in [3.8, 4) is 0 Å². The summed E-state index contributed by atoms with van der Waals surface area (Å²) in [6, 6.07) is 0. The average Bonchev–Trinajstić information content (AvgIpc) is 2.66. The summed E-state index contributed by atoms with van der Waals surface area (Å²) < 4.78 is 10.00. The fourth-order valence-electron chi connectivity index (χ4n) is 3.56. The van der Waals surface area contributed by atoms with Gasteiger partial charge in [-0.25, -0.2) is 9.59 Å². The molecule has 1 fully saturated rings. The molecule has 0 amide bonds. The first-order valence-corrected chi connectivity index (χ1v) is 12.1. The van der Waals surface area contributed by atoms with Crippen LogP contribution in [0.3, 0.4) is 0 Å². The second-order valence-electron chi connectivity index (χ2n) is 8.40. The van der Waals surface area contributed by atoms with Gasteiger partial charge in [0, 0.05) is 0 Å². The molecule has 0 aromatic heterocycles. The average molecular weight is 397 g/mol. The van der Waals surface area contributed by atoms with Crippen molar-refractivity contribution in [2.45, 2.75) is 135 Å². The zero-order valence-electron chi connectivity index (χ0n) is 18.4. The molecule has 0 N–H and O–H groups in total. The normalized spacial score (nSPS) is 13.9. The number of hydrogen-bond acceptors (Lipinski definition) is 4. The maximum Gasteiger partial charge on any atom is 0.417 e. The lowest BCUT2D eigenvalue weighted by molar-refractivity contribution is -0.173.